The number of aliphatic hydroxyl groups is 1. The standard InChI is InChI=1S/C9H20N2O2/c1-8(2)11(3)6-4-9(13)10-5-7-12/h8,12H,4-7H2,1-3H3,(H,10,13). The van der Waals surface area contributed by atoms with Crippen molar-refractivity contribution in [3.8, 4) is 0 Å². The monoisotopic (exact) mass is 188 g/mol. The van der Waals surface area contributed by atoms with Crippen molar-refractivity contribution < 1.29 is 9.90 Å². The third-order valence-electron chi connectivity index (χ3n) is 2.01. The summed E-state index contributed by atoms with van der Waals surface area (Å²) in [5.41, 5.74) is 0. The number of aliphatic hydroxyl groups excluding tert-OH is 1. The van der Waals surface area contributed by atoms with Gasteiger partial charge in [0.15, 0.2) is 0 Å². The van der Waals surface area contributed by atoms with Gasteiger partial charge in [0.05, 0.1) is 6.61 Å². The highest BCUT2D eigenvalue weighted by molar-refractivity contribution is 5.75. The van der Waals surface area contributed by atoms with Crippen LogP contribution in [0.4, 0.5) is 0 Å². The van der Waals surface area contributed by atoms with Crippen molar-refractivity contribution in [1.82, 2.24) is 10.2 Å². The molecule has 1 amide bonds. The van der Waals surface area contributed by atoms with E-state index in [1.807, 2.05) is 7.05 Å². The molecule has 2 N–H and O–H groups in total. The van der Waals surface area contributed by atoms with Gasteiger partial charge >= 0.3 is 0 Å². The maximum atomic E-state index is 11.1. The van der Waals surface area contributed by atoms with Crippen molar-refractivity contribution in [3.63, 3.8) is 0 Å². The molecule has 4 heteroatoms. The summed E-state index contributed by atoms with van der Waals surface area (Å²) in [5.74, 6) is 0.00144. The smallest absolute Gasteiger partial charge is 0.221 e. The number of nitrogens with zero attached hydrogens (tertiary/aromatic N) is 1. The molecular weight excluding hydrogens is 168 g/mol. The fourth-order valence-electron chi connectivity index (χ4n) is 0.820. The summed E-state index contributed by atoms with van der Waals surface area (Å²) in [7, 11) is 1.99. The van der Waals surface area contributed by atoms with Gasteiger partial charge in [-0.3, -0.25) is 4.79 Å². The second kappa shape index (κ2) is 6.86. The first-order chi connectivity index (χ1) is 6.07. The van der Waals surface area contributed by atoms with Crippen molar-refractivity contribution in [2.45, 2.75) is 26.3 Å². The van der Waals surface area contributed by atoms with Crippen molar-refractivity contribution in [2.75, 3.05) is 26.7 Å². The summed E-state index contributed by atoms with van der Waals surface area (Å²) in [6.07, 6.45) is 0.495. The van der Waals surface area contributed by atoms with Crippen LogP contribution < -0.4 is 5.32 Å². The van der Waals surface area contributed by atoms with Crippen LogP contribution in [0.25, 0.3) is 0 Å². The highest BCUT2D eigenvalue weighted by Gasteiger charge is 2.05. The van der Waals surface area contributed by atoms with E-state index in [9.17, 15) is 4.79 Å². The van der Waals surface area contributed by atoms with Crippen LogP contribution in [0.3, 0.4) is 0 Å². The number of hydrogen-bond acceptors (Lipinski definition) is 3. The molecule has 13 heavy (non-hydrogen) atoms. The second-order valence-corrected chi connectivity index (χ2v) is 3.40. The van der Waals surface area contributed by atoms with Gasteiger partial charge in [-0.15, -0.1) is 0 Å². The Kier molecular flexibility index (Phi) is 6.54. The number of rotatable bonds is 6. The fraction of sp³-hybridized carbons (Fsp3) is 0.889. The molecule has 4 nitrogen and oxygen atoms in total. The molecule has 0 fully saturated rings. The van der Waals surface area contributed by atoms with Gasteiger partial charge in [0.2, 0.25) is 5.91 Å². The Morgan fingerprint density at radius 1 is 1.54 bits per heavy atom. The number of nitrogens with one attached hydrogen (secondary N) is 1. The van der Waals surface area contributed by atoms with Crippen LogP contribution >= 0.6 is 0 Å². The molecule has 0 aromatic heterocycles. The summed E-state index contributed by atoms with van der Waals surface area (Å²) in [5, 5.41) is 11.1. The zero-order valence-electron chi connectivity index (χ0n) is 8.71. The Hall–Kier alpha value is -0.610. The van der Waals surface area contributed by atoms with E-state index in [1.165, 1.54) is 0 Å². The SMILES string of the molecule is CC(C)N(C)CCC(=O)NCCO. The van der Waals surface area contributed by atoms with Gasteiger partial charge in [-0.25, -0.2) is 0 Å². The Morgan fingerprint density at radius 3 is 2.62 bits per heavy atom. The topological polar surface area (TPSA) is 52.6 Å². The lowest BCUT2D eigenvalue weighted by atomic mass is 10.3. The number of amides is 1. The van der Waals surface area contributed by atoms with E-state index in [2.05, 4.69) is 24.1 Å². The second-order valence-electron chi connectivity index (χ2n) is 3.40. The molecule has 0 heterocycles. The molecule has 0 radical (unpaired) electrons. The molecule has 0 saturated heterocycles. The zero-order valence-corrected chi connectivity index (χ0v) is 8.71. The van der Waals surface area contributed by atoms with Crippen molar-refractivity contribution >= 4 is 5.91 Å². The first kappa shape index (κ1) is 12.4. The molecular formula is C9H20N2O2. The largest absolute Gasteiger partial charge is 0.395 e. The van der Waals surface area contributed by atoms with Gasteiger partial charge in [0.25, 0.3) is 0 Å². The average Bonchev–Trinajstić information content (AvgIpc) is 2.10. The minimum Gasteiger partial charge on any atom is -0.395 e. The molecule has 0 bridgehead atoms. The summed E-state index contributed by atoms with van der Waals surface area (Å²) in [4.78, 5) is 13.2. The van der Waals surface area contributed by atoms with E-state index in [-0.39, 0.29) is 12.5 Å². The molecule has 0 aromatic carbocycles. The highest BCUT2D eigenvalue weighted by Crippen LogP contribution is 1.94. The van der Waals surface area contributed by atoms with E-state index >= 15 is 0 Å². The van der Waals surface area contributed by atoms with Crippen LogP contribution in [0, 0.1) is 0 Å². The fourth-order valence-corrected chi connectivity index (χ4v) is 0.820. The molecule has 0 saturated carbocycles. The maximum absolute atomic E-state index is 11.1. The summed E-state index contributed by atoms with van der Waals surface area (Å²) >= 11 is 0. The molecule has 0 unspecified atom stereocenters. The van der Waals surface area contributed by atoms with Gasteiger partial charge in [-0.05, 0) is 20.9 Å². The van der Waals surface area contributed by atoms with Gasteiger partial charge in [0.1, 0.15) is 0 Å². The molecule has 0 aromatic rings. The van der Waals surface area contributed by atoms with E-state index < -0.39 is 0 Å². The summed E-state index contributed by atoms with van der Waals surface area (Å²) in [6, 6.07) is 0.464. The predicted molar refractivity (Wildman–Crippen MR) is 52.5 cm³/mol. The van der Waals surface area contributed by atoms with Crippen LogP contribution in [-0.2, 0) is 4.79 Å². The van der Waals surface area contributed by atoms with Gasteiger partial charge < -0.3 is 15.3 Å². The van der Waals surface area contributed by atoms with Crippen LogP contribution in [0.5, 0.6) is 0 Å². The molecule has 0 aliphatic carbocycles. The van der Waals surface area contributed by atoms with Gasteiger partial charge in [0, 0.05) is 25.6 Å². The van der Waals surface area contributed by atoms with Crippen LogP contribution in [-0.4, -0.2) is 48.7 Å². The Labute approximate surface area is 79.9 Å². The van der Waals surface area contributed by atoms with E-state index in [0.717, 1.165) is 6.54 Å². The van der Waals surface area contributed by atoms with Crippen LogP contribution in [0.1, 0.15) is 20.3 Å². The summed E-state index contributed by atoms with van der Waals surface area (Å²) in [6.45, 7) is 5.29. The Balaban J connectivity index is 3.46. The molecule has 0 atom stereocenters. The third kappa shape index (κ3) is 6.54. The number of hydrogen-bond donors (Lipinski definition) is 2. The highest BCUT2D eigenvalue weighted by atomic mass is 16.3. The van der Waals surface area contributed by atoms with Gasteiger partial charge in [-0.1, -0.05) is 0 Å². The maximum Gasteiger partial charge on any atom is 0.221 e. The average molecular weight is 188 g/mol. The molecule has 0 rings (SSSR count). The molecule has 0 spiro atoms. The Morgan fingerprint density at radius 2 is 2.15 bits per heavy atom. The van der Waals surface area contributed by atoms with Crippen LogP contribution in [0.15, 0.2) is 0 Å². The first-order valence-corrected chi connectivity index (χ1v) is 4.65. The van der Waals surface area contributed by atoms with Crippen molar-refractivity contribution in [3.05, 3.63) is 0 Å². The predicted octanol–water partition coefficient (Wildman–Crippen LogP) is -0.175. The number of carbonyl (C=O) groups is 1. The minimum atomic E-state index is 0.00144. The van der Waals surface area contributed by atoms with E-state index in [1.54, 1.807) is 0 Å². The lowest BCUT2D eigenvalue weighted by Gasteiger charge is -2.20. The quantitative estimate of drug-likeness (QED) is 0.608. The van der Waals surface area contributed by atoms with Crippen molar-refractivity contribution in [2.24, 2.45) is 0 Å². The minimum absolute atomic E-state index is 0.00144. The van der Waals surface area contributed by atoms with E-state index in [0.29, 0.717) is 19.0 Å². The van der Waals surface area contributed by atoms with Gasteiger partial charge in [-0.2, -0.15) is 0 Å². The molecule has 78 valence electrons. The third-order valence-corrected chi connectivity index (χ3v) is 2.01. The first-order valence-electron chi connectivity index (χ1n) is 4.65. The lowest BCUT2D eigenvalue weighted by molar-refractivity contribution is -0.121. The van der Waals surface area contributed by atoms with Crippen LogP contribution in [0.2, 0.25) is 0 Å². The van der Waals surface area contributed by atoms with Crippen molar-refractivity contribution in [1.29, 1.82) is 0 Å². The number of carbonyl (C=O) groups excluding carboxylic acids is 1. The Bertz CT molecular complexity index is 149. The molecule has 0 aliphatic heterocycles. The van der Waals surface area contributed by atoms with E-state index in [4.69, 9.17) is 5.11 Å². The normalized spacial score (nSPS) is 10.9. The zero-order chi connectivity index (χ0) is 10.3. The molecule has 0 aliphatic rings. The summed E-state index contributed by atoms with van der Waals surface area (Å²) < 4.78 is 0. The lowest BCUT2D eigenvalue weighted by Crippen LogP contribution is -2.33.